The molecule has 1 heterocycles. The van der Waals surface area contributed by atoms with Crippen LogP contribution < -0.4 is 4.74 Å². The van der Waals surface area contributed by atoms with Gasteiger partial charge in [-0.2, -0.15) is 0 Å². The zero-order valence-corrected chi connectivity index (χ0v) is 13.1. The summed E-state index contributed by atoms with van der Waals surface area (Å²) in [4.78, 5) is 25.2. The van der Waals surface area contributed by atoms with Crippen LogP contribution in [0.5, 0.6) is 5.75 Å². The van der Waals surface area contributed by atoms with Gasteiger partial charge in [-0.05, 0) is 36.5 Å². The van der Waals surface area contributed by atoms with Crippen LogP contribution in [-0.2, 0) is 9.59 Å². The number of hydrogen-bond donors (Lipinski definition) is 1. The van der Waals surface area contributed by atoms with Crippen LogP contribution in [0.2, 0.25) is 0 Å². The molecule has 5 heteroatoms. The molecule has 1 saturated heterocycles. The van der Waals surface area contributed by atoms with Crippen molar-refractivity contribution in [3.8, 4) is 5.75 Å². The zero-order chi connectivity index (χ0) is 16.1. The molecule has 0 aromatic heterocycles. The van der Waals surface area contributed by atoms with E-state index in [4.69, 9.17) is 9.84 Å². The fourth-order valence-corrected chi connectivity index (χ4v) is 2.85. The standard InChI is InChI=1S/C17H23NO4/c1-12(13-5-7-15(22-2)8-6-13)10-16(19)18-9-3-4-14(11-18)17(20)21/h5-8,12,14H,3-4,9-11H2,1-2H3,(H,20,21)/t12-,14+/m1/s1. The van der Waals surface area contributed by atoms with E-state index in [-0.39, 0.29) is 11.8 Å². The summed E-state index contributed by atoms with van der Waals surface area (Å²) in [7, 11) is 1.62. The molecule has 1 aliphatic heterocycles. The van der Waals surface area contributed by atoms with Gasteiger partial charge in [0.2, 0.25) is 5.91 Å². The van der Waals surface area contributed by atoms with E-state index in [0.717, 1.165) is 17.7 Å². The van der Waals surface area contributed by atoms with Gasteiger partial charge in [0, 0.05) is 19.5 Å². The van der Waals surface area contributed by atoms with Crippen molar-refractivity contribution in [1.29, 1.82) is 0 Å². The maximum atomic E-state index is 12.4. The number of aliphatic carboxylic acids is 1. The van der Waals surface area contributed by atoms with Gasteiger partial charge >= 0.3 is 5.97 Å². The fraction of sp³-hybridized carbons (Fsp3) is 0.529. The van der Waals surface area contributed by atoms with Gasteiger partial charge in [-0.3, -0.25) is 9.59 Å². The number of piperidine rings is 1. The minimum atomic E-state index is -0.805. The monoisotopic (exact) mass is 305 g/mol. The number of carbonyl (C=O) groups excluding carboxylic acids is 1. The summed E-state index contributed by atoms with van der Waals surface area (Å²) in [6.45, 7) is 3.01. The first-order valence-electron chi connectivity index (χ1n) is 7.65. The average molecular weight is 305 g/mol. The average Bonchev–Trinajstić information content (AvgIpc) is 2.54. The number of hydrogen-bond acceptors (Lipinski definition) is 3. The Hall–Kier alpha value is -2.04. The Morgan fingerprint density at radius 2 is 2.05 bits per heavy atom. The van der Waals surface area contributed by atoms with Gasteiger partial charge in [0.15, 0.2) is 0 Å². The largest absolute Gasteiger partial charge is 0.497 e. The first-order chi connectivity index (χ1) is 10.5. The Morgan fingerprint density at radius 3 is 2.64 bits per heavy atom. The molecule has 1 aliphatic rings. The third-order valence-corrected chi connectivity index (χ3v) is 4.29. The summed E-state index contributed by atoms with van der Waals surface area (Å²) in [5, 5.41) is 9.10. The van der Waals surface area contributed by atoms with Crippen molar-refractivity contribution in [3.05, 3.63) is 29.8 Å². The predicted octanol–water partition coefficient (Wildman–Crippen LogP) is 2.51. The molecule has 2 rings (SSSR count). The Kier molecular flexibility index (Phi) is 5.41. The number of carbonyl (C=O) groups is 2. The van der Waals surface area contributed by atoms with Gasteiger partial charge in [0.25, 0.3) is 0 Å². The molecule has 1 fully saturated rings. The number of carboxylic acids is 1. The minimum absolute atomic E-state index is 0.0364. The van der Waals surface area contributed by atoms with Crippen LogP contribution in [0.1, 0.15) is 37.7 Å². The molecule has 1 N–H and O–H groups in total. The summed E-state index contributed by atoms with van der Waals surface area (Å²) in [5.74, 6) is -0.296. The van der Waals surface area contributed by atoms with Gasteiger partial charge in [-0.15, -0.1) is 0 Å². The summed E-state index contributed by atoms with van der Waals surface area (Å²) in [6.07, 6.45) is 1.82. The lowest BCUT2D eigenvalue weighted by atomic mass is 9.94. The van der Waals surface area contributed by atoms with Crippen LogP contribution in [0.15, 0.2) is 24.3 Å². The summed E-state index contributed by atoms with van der Waals surface area (Å²) in [6, 6.07) is 7.70. The van der Waals surface area contributed by atoms with Crippen LogP contribution in [-0.4, -0.2) is 42.1 Å². The second-order valence-electron chi connectivity index (χ2n) is 5.90. The fourth-order valence-electron chi connectivity index (χ4n) is 2.85. The minimum Gasteiger partial charge on any atom is -0.497 e. The molecule has 1 aromatic carbocycles. The molecule has 22 heavy (non-hydrogen) atoms. The quantitative estimate of drug-likeness (QED) is 0.907. The number of carboxylic acid groups (broad SMARTS) is 1. The molecule has 1 amide bonds. The van der Waals surface area contributed by atoms with Crippen molar-refractivity contribution in [3.63, 3.8) is 0 Å². The summed E-state index contributed by atoms with van der Waals surface area (Å²) < 4.78 is 5.13. The third-order valence-electron chi connectivity index (χ3n) is 4.29. The first kappa shape index (κ1) is 16.3. The lowest BCUT2D eigenvalue weighted by Crippen LogP contribution is -2.42. The third kappa shape index (κ3) is 4.00. The van der Waals surface area contributed by atoms with E-state index in [1.165, 1.54) is 0 Å². The van der Waals surface area contributed by atoms with Crippen molar-refractivity contribution >= 4 is 11.9 Å². The highest BCUT2D eigenvalue weighted by molar-refractivity contribution is 5.78. The van der Waals surface area contributed by atoms with Crippen molar-refractivity contribution in [1.82, 2.24) is 4.90 Å². The number of methoxy groups -OCH3 is 1. The second-order valence-corrected chi connectivity index (χ2v) is 5.90. The molecule has 0 radical (unpaired) electrons. The zero-order valence-electron chi connectivity index (χ0n) is 13.1. The SMILES string of the molecule is COc1ccc([C@H](C)CC(=O)N2CCC[C@H](C(=O)O)C2)cc1. The normalized spacial score (nSPS) is 19.5. The Labute approximate surface area is 130 Å². The lowest BCUT2D eigenvalue weighted by Gasteiger charge is -2.31. The van der Waals surface area contributed by atoms with Crippen LogP contribution in [0.4, 0.5) is 0 Å². The molecular weight excluding hydrogens is 282 g/mol. The van der Waals surface area contributed by atoms with Crippen molar-refractivity contribution < 1.29 is 19.4 Å². The molecule has 0 spiro atoms. The molecule has 120 valence electrons. The summed E-state index contributed by atoms with van der Waals surface area (Å²) >= 11 is 0. The Morgan fingerprint density at radius 1 is 1.36 bits per heavy atom. The van der Waals surface area contributed by atoms with Crippen molar-refractivity contribution in [2.24, 2.45) is 5.92 Å². The second kappa shape index (κ2) is 7.29. The molecule has 0 aliphatic carbocycles. The van der Waals surface area contributed by atoms with Gasteiger partial charge in [0.05, 0.1) is 13.0 Å². The van der Waals surface area contributed by atoms with Crippen LogP contribution in [0.25, 0.3) is 0 Å². The maximum Gasteiger partial charge on any atom is 0.308 e. The van der Waals surface area contributed by atoms with E-state index in [1.807, 2.05) is 31.2 Å². The van der Waals surface area contributed by atoms with Gasteiger partial charge in [-0.25, -0.2) is 0 Å². The molecule has 0 saturated carbocycles. The highest BCUT2D eigenvalue weighted by atomic mass is 16.5. The number of rotatable bonds is 5. The van der Waals surface area contributed by atoms with Gasteiger partial charge in [0.1, 0.15) is 5.75 Å². The smallest absolute Gasteiger partial charge is 0.308 e. The van der Waals surface area contributed by atoms with E-state index in [0.29, 0.717) is 25.9 Å². The predicted molar refractivity (Wildman–Crippen MR) is 83.0 cm³/mol. The number of likely N-dealkylation sites (tertiary alicyclic amines) is 1. The number of amides is 1. The van der Waals surface area contributed by atoms with Gasteiger partial charge in [-0.1, -0.05) is 19.1 Å². The van der Waals surface area contributed by atoms with E-state index in [9.17, 15) is 9.59 Å². The lowest BCUT2D eigenvalue weighted by molar-refractivity contribution is -0.145. The van der Waals surface area contributed by atoms with Crippen LogP contribution in [0.3, 0.4) is 0 Å². The maximum absolute atomic E-state index is 12.4. The van der Waals surface area contributed by atoms with E-state index in [1.54, 1.807) is 12.0 Å². The highest BCUT2D eigenvalue weighted by Crippen LogP contribution is 2.24. The van der Waals surface area contributed by atoms with E-state index < -0.39 is 11.9 Å². The van der Waals surface area contributed by atoms with Crippen LogP contribution >= 0.6 is 0 Å². The molecular formula is C17H23NO4. The van der Waals surface area contributed by atoms with Crippen LogP contribution in [0, 0.1) is 5.92 Å². The Balaban J connectivity index is 1.93. The first-order valence-corrected chi connectivity index (χ1v) is 7.65. The number of ether oxygens (including phenoxy) is 1. The van der Waals surface area contributed by atoms with E-state index in [2.05, 4.69) is 0 Å². The van der Waals surface area contributed by atoms with Crippen molar-refractivity contribution in [2.45, 2.75) is 32.1 Å². The van der Waals surface area contributed by atoms with Gasteiger partial charge < -0.3 is 14.7 Å². The highest BCUT2D eigenvalue weighted by Gasteiger charge is 2.28. The van der Waals surface area contributed by atoms with Crippen molar-refractivity contribution in [2.75, 3.05) is 20.2 Å². The molecule has 1 aromatic rings. The molecule has 2 atom stereocenters. The molecule has 0 bridgehead atoms. The molecule has 0 unspecified atom stereocenters. The Bertz CT molecular complexity index is 526. The summed E-state index contributed by atoms with van der Waals surface area (Å²) in [5.41, 5.74) is 1.08. The number of benzene rings is 1. The van der Waals surface area contributed by atoms with E-state index >= 15 is 0 Å². The topological polar surface area (TPSA) is 66.8 Å². The molecule has 5 nitrogen and oxygen atoms in total. The number of nitrogens with zero attached hydrogens (tertiary/aromatic N) is 1.